The van der Waals surface area contributed by atoms with Crippen molar-refractivity contribution >= 4 is 0 Å². The average molecular weight is 457 g/mol. The molecule has 2 saturated heterocycles. The summed E-state index contributed by atoms with van der Waals surface area (Å²) < 4.78 is 22.9. The number of benzene rings is 2. The largest absolute Gasteiger partial charge is 0.492 e. The monoisotopic (exact) mass is 456 g/mol. The van der Waals surface area contributed by atoms with Crippen LogP contribution in [0, 0.1) is 6.92 Å². The van der Waals surface area contributed by atoms with E-state index in [2.05, 4.69) is 21.9 Å². The number of nitrogens with zero attached hydrogens (tertiary/aromatic N) is 2. The van der Waals surface area contributed by atoms with Gasteiger partial charge < -0.3 is 24.1 Å². The average Bonchev–Trinajstić information content (AvgIpc) is 3.02. The van der Waals surface area contributed by atoms with Gasteiger partial charge in [-0.1, -0.05) is 29.8 Å². The van der Waals surface area contributed by atoms with Crippen molar-refractivity contribution in [2.24, 2.45) is 0 Å². The first kappa shape index (κ1) is 24.0. The molecule has 2 aromatic carbocycles. The van der Waals surface area contributed by atoms with Crippen molar-refractivity contribution in [2.45, 2.75) is 19.1 Å². The third-order valence-electron chi connectivity index (χ3n) is 6.08. The zero-order valence-electron chi connectivity index (χ0n) is 19.6. The highest BCUT2D eigenvalue weighted by Gasteiger charge is 2.33. The van der Waals surface area contributed by atoms with E-state index in [1.807, 2.05) is 43.3 Å². The van der Waals surface area contributed by atoms with Gasteiger partial charge in [-0.05, 0) is 36.8 Å². The highest BCUT2D eigenvalue weighted by molar-refractivity contribution is 5.28. The summed E-state index contributed by atoms with van der Waals surface area (Å²) in [5.74, 6) is 1.64. The van der Waals surface area contributed by atoms with Gasteiger partial charge >= 0.3 is 0 Å². The lowest BCUT2D eigenvalue weighted by molar-refractivity contribution is -0.0646. The summed E-state index contributed by atoms with van der Waals surface area (Å²) in [4.78, 5) is 4.59. The summed E-state index contributed by atoms with van der Waals surface area (Å²) in [6.45, 7) is 10.3. The summed E-state index contributed by atoms with van der Waals surface area (Å²) in [7, 11) is 0. The minimum atomic E-state index is -1.05. The fraction of sp³-hybridized carbons (Fsp3) is 0.538. The van der Waals surface area contributed by atoms with Gasteiger partial charge in [-0.3, -0.25) is 9.80 Å². The Morgan fingerprint density at radius 1 is 0.848 bits per heavy atom. The van der Waals surface area contributed by atoms with Gasteiger partial charge in [-0.25, -0.2) is 0 Å². The van der Waals surface area contributed by atoms with Crippen LogP contribution in [0.5, 0.6) is 11.5 Å². The van der Waals surface area contributed by atoms with E-state index in [0.29, 0.717) is 19.8 Å². The first-order valence-electron chi connectivity index (χ1n) is 11.8. The molecule has 2 aromatic rings. The minimum absolute atomic E-state index is 0.197. The highest BCUT2D eigenvalue weighted by atomic mass is 16.5. The topological polar surface area (TPSA) is 63.6 Å². The number of hydrogen-bond donors (Lipinski definition) is 1. The first-order valence-corrected chi connectivity index (χ1v) is 11.8. The van der Waals surface area contributed by atoms with E-state index in [4.69, 9.17) is 18.9 Å². The molecule has 1 N–H and O–H groups in total. The van der Waals surface area contributed by atoms with E-state index in [1.54, 1.807) is 0 Å². The van der Waals surface area contributed by atoms with Gasteiger partial charge in [0.15, 0.2) is 0 Å². The fourth-order valence-electron chi connectivity index (χ4n) is 4.14. The summed E-state index contributed by atoms with van der Waals surface area (Å²) in [5, 5.41) is 11.1. The highest BCUT2D eigenvalue weighted by Crippen LogP contribution is 2.20. The minimum Gasteiger partial charge on any atom is -0.492 e. The number of aliphatic hydroxyl groups is 1. The van der Waals surface area contributed by atoms with Gasteiger partial charge in [-0.15, -0.1) is 0 Å². The van der Waals surface area contributed by atoms with Gasteiger partial charge in [0.2, 0.25) is 0 Å². The number of rotatable bonds is 9. The van der Waals surface area contributed by atoms with Crippen LogP contribution in [-0.2, 0) is 16.0 Å². The molecule has 2 heterocycles. The Kier molecular flexibility index (Phi) is 8.58. The number of hydrogen-bond acceptors (Lipinski definition) is 7. The molecule has 1 atom stereocenters. The number of morpholine rings is 1. The molecular formula is C26H36N2O5. The van der Waals surface area contributed by atoms with Crippen molar-refractivity contribution in [2.75, 3.05) is 72.4 Å². The summed E-state index contributed by atoms with van der Waals surface area (Å²) in [6, 6.07) is 16.1. The van der Waals surface area contributed by atoms with Crippen LogP contribution in [0.25, 0.3) is 0 Å². The SMILES string of the molecule is Cc1ccc(OC[C@@]2(O)COCCN(Cc3ccc(OCCN4CCOCC4)cc3)C2)cc1. The molecule has 0 bridgehead atoms. The van der Waals surface area contributed by atoms with E-state index >= 15 is 0 Å². The quantitative estimate of drug-likeness (QED) is 0.621. The second kappa shape index (κ2) is 11.8. The van der Waals surface area contributed by atoms with Crippen molar-refractivity contribution in [3.8, 4) is 11.5 Å². The fourth-order valence-corrected chi connectivity index (χ4v) is 4.14. The molecule has 0 saturated carbocycles. The molecule has 2 fully saturated rings. The molecule has 2 aliphatic heterocycles. The normalized spacial score (nSPS) is 22.6. The molecule has 0 amide bonds. The predicted molar refractivity (Wildman–Crippen MR) is 127 cm³/mol. The standard InChI is InChI=1S/C26H36N2O5/c1-22-2-6-25(7-3-22)33-21-26(29)19-28(12-16-31-20-26)18-23-4-8-24(9-5-23)32-17-13-27-10-14-30-15-11-27/h2-9,29H,10-21H2,1H3/t26-/m0/s1. The van der Waals surface area contributed by atoms with E-state index in [-0.39, 0.29) is 13.2 Å². The van der Waals surface area contributed by atoms with Crippen molar-refractivity contribution in [1.29, 1.82) is 0 Å². The molecule has 7 nitrogen and oxygen atoms in total. The smallest absolute Gasteiger partial charge is 0.134 e. The van der Waals surface area contributed by atoms with Gasteiger partial charge in [-0.2, -0.15) is 0 Å². The Balaban J connectivity index is 1.25. The third kappa shape index (κ3) is 7.69. The Morgan fingerprint density at radius 2 is 1.48 bits per heavy atom. The summed E-state index contributed by atoms with van der Waals surface area (Å²) in [5.41, 5.74) is 1.31. The third-order valence-corrected chi connectivity index (χ3v) is 6.08. The van der Waals surface area contributed by atoms with E-state index < -0.39 is 5.60 Å². The van der Waals surface area contributed by atoms with Crippen LogP contribution >= 0.6 is 0 Å². The van der Waals surface area contributed by atoms with Gasteiger partial charge in [0, 0.05) is 39.3 Å². The number of ether oxygens (including phenoxy) is 4. The van der Waals surface area contributed by atoms with Gasteiger partial charge in [0.05, 0.1) is 26.4 Å². The van der Waals surface area contributed by atoms with Crippen LogP contribution in [0.2, 0.25) is 0 Å². The molecule has 33 heavy (non-hydrogen) atoms. The van der Waals surface area contributed by atoms with Gasteiger partial charge in [0.1, 0.15) is 30.3 Å². The molecule has 0 radical (unpaired) electrons. The summed E-state index contributed by atoms with van der Waals surface area (Å²) in [6.07, 6.45) is 0. The lowest BCUT2D eigenvalue weighted by Gasteiger charge is -2.30. The molecular weight excluding hydrogens is 420 g/mol. The summed E-state index contributed by atoms with van der Waals surface area (Å²) >= 11 is 0. The van der Waals surface area contributed by atoms with Gasteiger partial charge in [0.25, 0.3) is 0 Å². The van der Waals surface area contributed by atoms with Crippen LogP contribution < -0.4 is 9.47 Å². The first-order chi connectivity index (χ1) is 16.1. The van der Waals surface area contributed by atoms with Crippen LogP contribution in [-0.4, -0.2) is 92.9 Å². The van der Waals surface area contributed by atoms with E-state index in [0.717, 1.165) is 57.4 Å². The zero-order valence-corrected chi connectivity index (χ0v) is 19.6. The van der Waals surface area contributed by atoms with E-state index in [9.17, 15) is 5.11 Å². The zero-order chi connectivity index (χ0) is 22.9. The Hall–Kier alpha value is -2.16. The molecule has 0 spiro atoms. The van der Waals surface area contributed by atoms with Crippen molar-refractivity contribution in [3.05, 3.63) is 59.7 Å². The lowest BCUT2D eigenvalue weighted by atomic mass is 10.1. The molecule has 0 unspecified atom stereocenters. The Bertz CT molecular complexity index is 839. The molecule has 180 valence electrons. The Labute approximate surface area is 196 Å². The van der Waals surface area contributed by atoms with Crippen molar-refractivity contribution < 1.29 is 24.1 Å². The maximum Gasteiger partial charge on any atom is 0.134 e. The number of β-amino-alcohol motifs (C(OH)–C–C–N with tert-alkyl or cyclic N) is 1. The van der Waals surface area contributed by atoms with Crippen molar-refractivity contribution in [3.63, 3.8) is 0 Å². The van der Waals surface area contributed by atoms with Crippen LogP contribution in [0.4, 0.5) is 0 Å². The van der Waals surface area contributed by atoms with Crippen LogP contribution in [0.3, 0.4) is 0 Å². The van der Waals surface area contributed by atoms with Crippen LogP contribution in [0.15, 0.2) is 48.5 Å². The molecule has 0 aromatic heterocycles. The second-order valence-electron chi connectivity index (χ2n) is 9.04. The molecule has 7 heteroatoms. The maximum atomic E-state index is 11.1. The maximum absolute atomic E-state index is 11.1. The van der Waals surface area contributed by atoms with Crippen LogP contribution in [0.1, 0.15) is 11.1 Å². The second-order valence-corrected chi connectivity index (χ2v) is 9.04. The Morgan fingerprint density at radius 3 is 2.24 bits per heavy atom. The molecule has 2 aliphatic rings. The number of aryl methyl sites for hydroxylation is 1. The molecule has 4 rings (SSSR count). The van der Waals surface area contributed by atoms with E-state index in [1.165, 1.54) is 11.1 Å². The lowest BCUT2D eigenvalue weighted by Crippen LogP contribution is -2.48. The molecule has 0 aliphatic carbocycles. The predicted octanol–water partition coefficient (Wildman–Crippen LogP) is 2.35. The van der Waals surface area contributed by atoms with Crippen molar-refractivity contribution in [1.82, 2.24) is 9.80 Å².